The lowest BCUT2D eigenvalue weighted by Crippen LogP contribution is -2.41. The molecule has 0 radical (unpaired) electrons. The summed E-state index contributed by atoms with van der Waals surface area (Å²) in [6.45, 7) is 8.78. The van der Waals surface area contributed by atoms with E-state index >= 15 is 0 Å². The van der Waals surface area contributed by atoms with Crippen LogP contribution >= 0.6 is 0 Å². The van der Waals surface area contributed by atoms with E-state index in [4.69, 9.17) is 14.2 Å². The van der Waals surface area contributed by atoms with Crippen LogP contribution in [0.2, 0.25) is 0 Å². The van der Waals surface area contributed by atoms with E-state index in [0.29, 0.717) is 12.7 Å². The maximum absolute atomic E-state index is 5.89. The second-order valence-corrected chi connectivity index (χ2v) is 8.55. The summed E-state index contributed by atoms with van der Waals surface area (Å²) in [5.74, 6) is 2.32. The average Bonchev–Trinajstić information content (AvgIpc) is 3.26. The van der Waals surface area contributed by atoms with Gasteiger partial charge in [0.1, 0.15) is 0 Å². The van der Waals surface area contributed by atoms with Gasteiger partial charge in [-0.2, -0.15) is 5.10 Å². The van der Waals surface area contributed by atoms with Crippen LogP contribution in [0.5, 0.6) is 11.5 Å². The molecule has 0 bridgehead atoms. The molecule has 1 aromatic carbocycles. The van der Waals surface area contributed by atoms with E-state index in [-0.39, 0.29) is 5.60 Å². The molecule has 1 atom stereocenters. The van der Waals surface area contributed by atoms with Crippen molar-refractivity contribution in [3.63, 3.8) is 0 Å². The van der Waals surface area contributed by atoms with Gasteiger partial charge in [-0.15, -0.1) is 0 Å². The highest BCUT2D eigenvalue weighted by atomic mass is 16.7. The van der Waals surface area contributed by atoms with Crippen LogP contribution in [0.15, 0.2) is 18.2 Å². The van der Waals surface area contributed by atoms with Crippen molar-refractivity contribution in [2.45, 2.75) is 45.3 Å². The molecule has 0 spiro atoms. The highest BCUT2D eigenvalue weighted by molar-refractivity contribution is 5.68. The Morgan fingerprint density at radius 2 is 2.15 bits per heavy atom. The van der Waals surface area contributed by atoms with Crippen molar-refractivity contribution in [3.05, 3.63) is 29.5 Å². The zero-order valence-corrected chi connectivity index (χ0v) is 16.1. The number of benzene rings is 1. The molecular weight excluding hydrogens is 342 g/mol. The molecule has 1 unspecified atom stereocenters. The molecule has 6 heteroatoms. The van der Waals surface area contributed by atoms with Gasteiger partial charge in [-0.25, -0.2) is 0 Å². The Balaban J connectivity index is 1.34. The molecule has 0 aliphatic carbocycles. The third-order valence-electron chi connectivity index (χ3n) is 5.97. The van der Waals surface area contributed by atoms with Crippen LogP contribution in [-0.4, -0.2) is 47.2 Å². The second-order valence-electron chi connectivity index (χ2n) is 8.55. The molecule has 1 aromatic heterocycles. The summed E-state index contributed by atoms with van der Waals surface area (Å²) in [4.78, 5) is 2.58. The largest absolute Gasteiger partial charge is 0.454 e. The predicted molar refractivity (Wildman–Crippen MR) is 102 cm³/mol. The van der Waals surface area contributed by atoms with Gasteiger partial charge in [0.15, 0.2) is 11.5 Å². The van der Waals surface area contributed by atoms with Crippen molar-refractivity contribution < 1.29 is 14.2 Å². The standard InChI is InChI=1S/C21H27N3O3/c1-21(2)10-14(6-8-27-21)11-24-7-5-17-16(12-24)20(23-22-17)15-3-4-18-19(9-15)26-13-25-18/h3-4,9,14H,5-8,10-13H2,1-2H3,(H,22,23). The van der Waals surface area contributed by atoms with E-state index in [9.17, 15) is 0 Å². The number of aromatic nitrogens is 2. The Labute approximate surface area is 159 Å². The van der Waals surface area contributed by atoms with Gasteiger partial charge in [0.2, 0.25) is 6.79 Å². The lowest BCUT2D eigenvalue weighted by Gasteiger charge is -2.38. The van der Waals surface area contributed by atoms with Gasteiger partial charge >= 0.3 is 0 Å². The highest BCUT2D eigenvalue weighted by Gasteiger charge is 2.31. The number of H-pyrrole nitrogens is 1. The third-order valence-corrected chi connectivity index (χ3v) is 5.97. The number of hydrogen-bond donors (Lipinski definition) is 1. The van der Waals surface area contributed by atoms with Crippen LogP contribution in [-0.2, 0) is 17.7 Å². The minimum Gasteiger partial charge on any atom is -0.454 e. The summed E-state index contributed by atoms with van der Waals surface area (Å²) in [7, 11) is 0. The summed E-state index contributed by atoms with van der Waals surface area (Å²) >= 11 is 0. The smallest absolute Gasteiger partial charge is 0.231 e. The maximum Gasteiger partial charge on any atom is 0.231 e. The Morgan fingerprint density at radius 1 is 1.26 bits per heavy atom. The number of ether oxygens (including phenoxy) is 3. The molecule has 0 saturated carbocycles. The van der Waals surface area contributed by atoms with Crippen LogP contribution in [0.1, 0.15) is 37.9 Å². The Morgan fingerprint density at radius 3 is 3.04 bits per heavy atom. The molecular formula is C21H27N3O3. The van der Waals surface area contributed by atoms with Crippen molar-refractivity contribution >= 4 is 0 Å². The molecule has 1 fully saturated rings. The summed E-state index contributed by atoms with van der Waals surface area (Å²) in [5, 5.41) is 7.89. The maximum atomic E-state index is 5.89. The minimum absolute atomic E-state index is 0.0111. The number of rotatable bonds is 3. The van der Waals surface area contributed by atoms with Gasteiger partial charge in [0, 0.05) is 49.5 Å². The van der Waals surface area contributed by atoms with E-state index in [1.165, 1.54) is 11.3 Å². The second kappa shape index (κ2) is 6.53. The summed E-state index contributed by atoms with van der Waals surface area (Å²) in [6.07, 6.45) is 3.32. The highest BCUT2D eigenvalue weighted by Crippen LogP contribution is 2.38. The molecule has 4 heterocycles. The van der Waals surface area contributed by atoms with Crippen molar-refractivity contribution in [2.24, 2.45) is 5.92 Å². The first-order valence-electron chi connectivity index (χ1n) is 9.90. The van der Waals surface area contributed by atoms with E-state index in [1.807, 2.05) is 12.1 Å². The third kappa shape index (κ3) is 3.32. The normalized spacial score (nSPS) is 24.0. The van der Waals surface area contributed by atoms with Crippen LogP contribution in [0.25, 0.3) is 11.3 Å². The molecule has 2 aromatic rings. The number of fused-ring (bicyclic) bond motifs is 2. The van der Waals surface area contributed by atoms with Crippen molar-refractivity contribution in [1.29, 1.82) is 0 Å². The van der Waals surface area contributed by atoms with E-state index in [1.54, 1.807) is 0 Å². The van der Waals surface area contributed by atoms with Gasteiger partial charge in [-0.1, -0.05) is 0 Å². The van der Waals surface area contributed by atoms with E-state index in [2.05, 4.69) is 35.0 Å². The SMILES string of the molecule is CC1(C)CC(CN2CCc3[nH]nc(-c4ccc5c(c4)OCO5)c3C2)CCO1. The molecule has 5 rings (SSSR count). The zero-order chi connectivity index (χ0) is 18.4. The van der Waals surface area contributed by atoms with Gasteiger partial charge in [0.05, 0.1) is 11.3 Å². The average molecular weight is 369 g/mol. The Hall–Kier alpha value is -2.05. The predicted octanol–water partition coefficient (Wildman–Crippen LogP) is 3.37. The first kappa shape index (κ1) is 17.1. The molecule has 144 valence electrons. The van der Waals surface area contributed by atoms with Gasteiger partial charge in [-0.05, 0) is 50.8 Å². The first-order chi connectivity index (χ1) is 13.1. The fourth-order valence-corrected chi connectivity index (χ4v) is 4.67. The van der Waals surface area contributed by atoms with Crippen molar-refractivity contribution in [2.75, 3.05) is 26.5 Å². The molecule has 27 heavy (non-hydrogen) atoms. The molecule has 0 amide bonds. The Bertz CT molecular complexity index is 845. The van der Waals surface area contributed by atoms with Crippen LogP contribution in [0.4, 0.5) is 0 Å². The quantitative estimate of drug-likeness (QED) is 0.899. The lowest BCUT2D eigenvalue weighted by atomic mass is 9.87. The fraction of sp³-hybridized carbons (Fsp3) is 0.571. The first-order valence-corrected chi connectivity index (χ1v) is 9.90. The van der Waals surface area contributed by atoms with Gasteiger partial charge in [0.25, 0.3) is 0 Å². The number of nitrogens with one attached hydrogen (secondary N) is 1. The van der Waals surface area contributed by atoms with Gasteiger partial charge in [-0.3, -0.25) is 10.00 Å². The topological polar surface area (TPSA) is 59.6 Å². The summed E-state index contributed by atoms with van der Waals surface area (Å²) < 4.78 is 16.9. The van der Waals surface area contributed by atoms with Crippen LogP contribution < -0.4 is 9.47 Å². The van der Waals surface area contributed by atoms with Crippen molar-refractivity contribution in [3.8, 4) is 22.8 Å². The fourth-order valence-electron chi connectivity index (χ4n) is 4.67. The van der Waals surface area contributed by atoms with Crippen LogP contribution in [0.3, 0.4) is 0 Å². The Kier molecular flexibility index (Phi) is 4.13. The zero-order valence-electron chi connectivity index (χ0n) is 16.1. The number of nitrogens with zero attached hydrogens (tertiary/aromatic N) is 2. The summed E-state index contributed by atoms with van der Waals surface area (Å²) in [6, 6.07) is 6.09. The van der Waals surface area contributed by atoms with E-state index in [0.717, 1.165) is 68.3 Å². The lowest BCUT2D eigenvalue weighted by molar-refractivity contribution is -0.0773. The molecule has 3 aliphatic rings. The molecule has 6 nitrogen and oxygen atoms in total. The molecule has 3 aliphatic heterocycles. The molecule has 1 saturated heterocycles. The van der Waals surface area contributed by atoms with Crippen LogP contribution in [0, 0.1) is 5.92 Å². The van der Waals surface area contributed by atoms with E-state index < -0.39 is 0 Å². The monoisotopic (exact) mass is 369 g/mol. The summed E-state index contributed by atoms with van der Waals surface area (Å²) in [5.41, 5.74) is 4.74. The number of hydrogen-bond acceptors (Lipinski definition) is 5. The molecule has 1 N–H and O–H groups in total. The number of aromatic amines is 1. The van der Waals surface area contributed by atoms with Gasteiger partial charge < -0.3 is 14.2 Å². The minimum atomic E-state index is 0.0111. The van der Waals surface area contributed by atoms with Crippen molar-refractivity contribution in [1.82, 2.24) is 15.1 Å².